The van der Waals surface area contributed by atoms with Gasteiger partial charge in [0.25, 0.3) is 0 Å². The molecule has 5 nitrogen and oxygen atoms in total. The number of hydrogen-bond donors (Lipinski definition) is 2. The van der Waals surface area contributed by atoms with Gasteiger partial charge in [0.15, 0.2) is 0 Å². The van der Waals surface area contributed by atoms with Crippen LogP contribution in [0, 0.1) is 17.8 Å². The minimum absolute atomic E-state index is 0.0112. The summed E-state index contributed by atoms with van der Waals surface area (Å²) in [7, 11) is 0. The number of rotatable bonds is 8. The maximum absolute atomic E-state index is 12.5. The highest BCUT2D eigenvalue weighted by Gasteiger charge is 2.51. The van der Waals surface area contributed by atoms with Gasteiger partial charge in [-0.05, 0) is 81.3 Å². The number of anilines is 2. The molecule has 5 heteroatoms. The molecular formula is C24H34N2O3. The van der Waals surface area contributed by atoms with Crippen molar-refractivity contribution in [1.82, 2.24) is 0 Å². The van der Waals surface area contributed by atoms with E-state index in [1.807, 2.05) is 12.1 Å². The number of carbonyl (C=O) groups excluding carboxylic acids is 1. The molecule has 1 aromatic carbocycles. The maximum Gasteiger partial charge on any atom is 0.226 e. The van der Waals surface area contributed by atoms with Crippen LogP contribution in [0.25, 0.3) is 0 Å². The molecule has 4 bridgehead atoms. The van der Waals surface area contributed by atoms with Crippen molar-refractivity contribution in [2.24, 2.45) is 17.8 Å². The Morgan fingerprint density at radius 3 is 2.41 bits per heavy atom. The summed E-state index contributed by atoms with van der Waals surface area (Å²) in [5, 5.41) is 7.01. The van der Waals surface area contributed by atoms with E-state index in [1.54, 1.807) is 0 Å². The van der Waals surface area contributed by atoms with E-state index >= 15 is 0 Å². The average molecular weight is 399 g/mol. The molecule has 1 heterocycles. The number of nitrogens with one attached hydrogen (secondary N) is 2. The Kier molecular flexibility index (Phi) is 5.53. The first-order valence-electron chi connectivity index (χ1n) is 11.5. The van der Waals surface area contributed by atoms with Crippen LogP contribution < -0.4 is 10.6 Å². The van der Waals surface area contributed by atoms with E-state index in [1.165, 1.54) is 38.5 Å². The zero-order valence-corrected chi connectivity index (χ0v) is 17.3. The van der Waals surface area contributed by atoms with Crippen molar-refractivity contribution in [1.29, 1.82) is 0 Å². The standard InChI is InChI=1S/C24H34N2O3/c27-23(7-9-28-16-20-4-3-8-29-20)25-21-5-1-2-6-22(21)26-24-13-17-10-18(14-24)12-19(11-17)15-24/h1-2,5-6,17-20,26H,3-4,7-16H2,(H,25,27). The third kappa shape index (κ3) is 4.46. The molecule has 29 heavy (non-hydrogen) atoms. The lowest BCUT2D eigenvalue weighted by atomic mass is 9.53. The van der Waals surface area contributed by atoms with Crippen LogP contribution in [-0.4, -0.2) is 37.4 Å². The molecule has 0 aromatic heterocycles. The smallest absolute Gasteiger partial charge is 0.226 e. The summed E-state index contributed by atoms with van der Waals surface area (Å²) in [6.07, 6.45) is 10.9. The minimum Gasteiger partial charge on any atom is -0.378 e. The number of benzene rings is 1. The highest BCUT2D eigenvalue weighted by molar-refractivity contribution is 5.94. The van der Waals surface area contributed by atoms with Crippen LogP contribution in [-0.2, 0) is 14.3 Å². The van der Waals surface area contributed by atoms with E-state index in [0.717, 1.165) is 48.6 Å². The summed E-state index contributed by atoms with van der Waals surface area (Å²) < 4.78 is 11.2. The molecule has 0 spiro atoms. The Morgan fingerprint density at radius 1 is 1.07 bits per heavy atom. The van der Waals surface area contributed by atoms with Gasteiger partial charge in [-0.25, -0.2) is 0 Å². The molecule has 5 aliphatic rings. The fraction of sp³-hybridized carbons (Fsp3) is 0.708. The first kappa shape index (κ1) is 19.4. The third-order valence-electron chi connectivity index (χ3n) is 7.44. The van der Waals surface area contributed by atoms with Crippen molar-refractivity contribution in [3.63, 3.8) is 0 Å². The minimum atomic E-state index is 0.0112. The number of para-hydroxylation sites is 2. The Balaban J connectivity index is 1.16. The molecule has 1 aromatic rings. The molecule has 4 saturated carbocycles. The number of ether oxygens (including phenoxy) is 2. The quantitative estimate of drug-likeness (QED) is 0.629. The van der Waals surface area contributed by atoms with E-state index in [9.17, 15) is 4.79 Å². The highest BCUT2D eigenvalue weighted by atomic mass is 16.5. The van der Waals surface area contributed by atoms with E-state index in [-0.39, 0.29) is 17.6 Å². The fourth-order valence-electron chi connectivity index (χ4n) is 6.62. The van der Waals surface area contributed by atoms with Crippen LogP contribution in [0.4, 0.5) is 11.4 Å². The van der Waals surface area contributed by atoms with Gasteiger partial charge >= 0.3 is 0 Å². The predicted molar refractivity (Wildman–Crippen MR) is 114 cm³/mol. The van der Waals surface area contributed by atoms with Gasteiger partial charge in [0.1, 0.15) is 0 Å². The van der Waals surface area contributed by atoms with Crippen molar-refractivity contribution in [3.05, 3.63) is 24.3 Å². The molecule has 1 saturated heterocycles. The zero-order valence-electron chi connectivity index (χ0n) is 17.3. The van der Waals surface area contributed by atoms with E-state index in [0.29, 0.717) is 19.6 Å². The molecule has 2 N–H and O–H groups in total. The molecule has 1 amide bonds. The zero-order chi connectivity index (χ0) is 19.7. The van der Waals surface area contributed by atoms with Crippen LogP contribution in [0.5, 0.6) is 0 Å². The molecule has 1 unspecified atom stereocenters. The fourth-order valence-corrected chi connectivity index (χ4v) is 6.62. The van der Waals surface area contributed by atoms with Crippen molar-refractivity contribution in [2.75, 3.05) is 30.5 Å². The van der Waals surface area contributed by atoms with Crippen molar-refractivity contribution in [3.8, 4) is 0 Å². The normalized spacial score (nSPS) is 35.0. The van der Waals surface area contributed by atoms with Gasteiger partial charge in [0.05, 0.1) is 37.1 Å². The predicted octanol–water partition coefficient (Wildman–Crippen LogP) is 4.59. The monoisotopic (exact) mass is 398 g/mol. The molecule has 5 fully saturated rings. The van der Waals surface area contributed by atoms with Crippen LogP contribution in [0.1, 0.15) is 57.8 Å². The van der Waals surface area contributed by atoms with Gasteiger partial charge in [-0.3, -0.25) is 4.79 Å². The molecule has 4 aliphatic carbocycles. The molecule has 6 rings (SSSR count). The van der Waals surface area contributed by atoms with Gasteiger partial charge < -0.3 is 20.1 Å². The van der Waals surface area contributed by atoms with Crippen LogP contribution in [0.2, 0.25) is 0 Å². The molecule has 0 radical (unpaired) electrons. The summed E-state index contributed by atoms with van der Waals surface area (Å²) in [6.45, 7) is 1.87. The SMILES string of the molecule is O=C(CCOCC1CCCO1)Nc1ccccc1NC12CC3CC(CC(C3)C1)C2. The number of carbonyl (C=O) groups is 1. The molecule has 1 atom stereocenters. The maximum atomic E-state index is 12.5. The Morgan fingerprint density at radius 2 is 1.76 bits per heavy atom. The summed E-state index contributed by atoms with van der Waals surface area (Å²) in [5.41, 5.74) is 2.20. The van der Waals surface area contributed by atoms with Crippen molar-refractivity contribution >= 4 is 17.3 Å². The second-order valence-electron chi connectivity index (χ2n) is 9.88. The topological polar surface area (TPSA) is 59.6 Å². The Hall–Kier alpha value is -1.59. The summed E-state index contributed by atoms with van der Waals surface area (Å²) >= 11 is 0. The average Bonchev–Trinajstić information content (AvgIpc) is 3.19. The van der Waals surface area contributed by atoms with Gasteiger partial charge in [-0.15, -0.1) is 0 Å². The van der Waals surface area contributed by atoms with Crippen molar-refractivity contribution < 1.29 is 14.3 Å². The van der Waals surface area contributed by atoms with Gasteiger partial charge in [0, 0.05) is 12.1 Å². The Labute approximate surface area is 173 Å². The second-order valence-corrected chi connectivity index (χ2v) is 9.88. The van der Waals surface area contributed by atoms with Gasteiger partial charge in [-0.2, -0.15) is 0 Å². The van der Waals surface area contributed by atoms with Crippen molar-refractivity contribution in [2.45, 2.75) is 69.4 Å². The molecular weight excluding hydrogens is 364 g/mol. The first-order chi connectivity index (χ1) is 14.2. The van der Waals surface area contributed by atoms with Gasteiger partial charge in [0.2, 0.25) is 5.91 Å². The van der Waals surface area contributed by atoms with Crippen LogP contribution >= 0.6 is 0 Å². The van der Waals surface area contributed by atoms with Crippen LogP contribution in [0.15, 0.2) is 24.3 Å². The second kappa shape index (κ2) is 8.27. The first-order valence-corrected chi connectivity index (χ1v) is 11.5. The molecule has 1 aliphatic heterocycles. The largest absolute Gasteiger partial charge is 0.378 e. The number of hydrogen-bond acceptors (Lipinski definition) is 4. The highest BCUT2D eigenvalue weighted by Crippen LogP contribution is 2.56. The number of amides is 1. The summed E-state index contributed by atoms with van der Waals surface area (Å²) in [5.74, 6) is 2.71. The third-order valence-corrected chi connectivity index (χ3v) is 7.44. The summed E-state index contributed by atoms with van der Waals surface area (Å²) in [4.78, 5) is 12.5. The van der Waals surface area contributed by atoms with E-state index < -0.39 is 0 Å². The lowest BCUT2D eigenvalue weighted by Crippen LogP contribution is -2.54. The van der Waals surface area contributed by atoms with E-state index in [2.05, 4.69) is 22.8 Å². The lowest BCUT2D eigenvalue weighted by Gasteiger charge is -2.57. The molecule has 158 valence electrons. The van der Waals surface area contributed by atoms with Gasteiger partial charge in [-0.1, -0.05) is 12.1 Å². The lowest BCUT2D eigenvalue weighted by molar-refractivity contribution is -0.117. The van der Waals surface area contributed by atoms with Crippen LogP contribution in [0.3, 0.4) is 0 Å². The Bertz CT molecular complexity index is 693. The summed E-state index contributed by atoms with van der Waals surface area (Å²) in [6, 6.07) is 8.17. The van der Waals surface area contributed by atoms with E-state index in [4.69, 9.17) is 9.47 Å².